The Kier molecular flexibility index (Phi) is 7.69. The van der Waals surface area contributed by atoms with Crippen LogP contribution in [0, 0.1) is 5.92 Å². The number of carbonyl (C=O) groups excluding carboxylic acids is 1. The van der Waals surface area contributed by atoms with Gasteiger partial charge in [0.15, 0.2) is 11.5 Å². The predicted molar refractivity (Wildman–Crippen MR) is 119 cm³/mol. The van der Waals surface area contributed by atoms with Crippen LogP contribution in [0.1, 0.15) is 25.7 Å². The Hall–Kier alpha value is -1.89. The maximum atomic E-state index is 13.0. The number of hydrogen-bond acceptors (Lipinski definition) is 7. The van der Waals surface area contributed by atoms with Gasteiger partial charge in [0, 0.05) is 44.2 Å². The van der Waals surface area contributed by atoms with Gasteiger partial charge in [-0.3, -0.25) is 4.79 Å². The van der Waals surface area contributed by atoms with Crippen LogP contribution in [0.15, 0.2) is 23.1 Å². The summed E-state index contributed by atoms with van der Waals surface area (Å²) in [5.74, 6) is 0.325. The van der Waals surface area contributed by atoms with Crippen molar-refractivity contribution in [3.05, 3.63) is 18.2 Å². The van der Waals surface area contributed by atoms with Crippen LogP contribution in [0.4, 0.5) is 0 Å². The molecule has 0 saturated carbocycles. The molecule has 0 bridgehead atoms. The van der Waals surface area contributed by atoms with Crippen LogP contribution >= 0.6 is 0 Å². The average Bonchev–Trinajstić information content (AvgIpc) is 2.78. The van der Waals surface area contributed by atoms with Crippen LogP contribution in [0.25, 0.3) is 0 Å². The average molecular weight is 490 g/mol. The number of nitrogens with zero attached hydrogens (tertiary/aromatic N) is 2. The molecule has 2 aliphatic heterocycles. The standard InChI is InChI=1S/C20H31N3O7S2/c1-29-18-7-6-17(13-19(18)30-2)32(27,28)22-11-8-15(9-12-22)20(24)21-16-5-4-10-23(14-16)31(3,25)26/h6-7,13,15-16H,4-5,8-12,14H2,1-3H3,(H,21,24). The summed E-state index contributed by atoms with van der Waals surface area (Å²) in [6, 6.07) is 4.24. The monoisotopic (exact) mass is 489 g/mol. The van der Waals surface area contributed by atoms with Gasteiger partial charge in [0.1, 0.15) is 0 Å². The molecule has 1 aromatic rings. The number of amides is 1. The highest BCUT2D eigenvalue weighted by atomic mass is 32.2. The highest BCUT2D eigenvalue weighted by molar-refractivity contribution is 7.89. The van der Waals surface area contributed by atoms with Gasteiger partial charge in [0.05, 0.1) is 25.4 Å². The molecular weight excluding hydrogens is 458 g/mol. The summed E-state index contributed by atoms with van der Waals surface area (Å²) >= 11 is 0. The molecule has 2 saturated heterocycles. The van der Waals surface area contributed by atoms with Crippen molar-refractivity contribution in [3.63, 3.8) is 0 Å². The van der Waals surface area contributed by atoms with Gasteiger partial charge in [0.2, 0.25) is 26.0 Å². The van der Waals surface area contributed by atoms with Crippen molar-refractivity contribution in [2.45, 2.75) is 36.6 Å². The Balaban J connectivity index is 1.59. The Labute approximate surface area is 190 Å². The van der Waals surface area contributed by atoms with Gasteiger partial charge >= 0.3 is 0 Å². The molecule has 1 N–H and O–H groups in total. The lowest BCUT2D eigenvalue weighted by Crippen LogP contribution is -2.51. The molecule has 2 aliphatic rings. The second-order valence-electron chi connectivity index (χ2n) is 8.16. The maximum Gasteiger partial charge on any atom is 0.243 e. The quantitative estimate of drug-likeness (QED) is 0.596. The zero-order chi connectivity index (χ0) is 23.5. The summed E-state index contributed by atoms with van der Waals surface area (Å²) in [5, 5.41) is 2.96. The van der Waals surface area contributed by atoms with E-state index in [4.69, 9.17) is 9.47 Å². The van der Waals surface area contributed by atoms with Gasteiger partial charge in [-0.2, -0.15) is 4.31 Å². The number of nitrogens with one attached hydrogen (secondary N) is 1. The predicted octanol–water partition coefficient (Wildman–Crippen LogP) is 0.645. The maximum absolute atomic E-state index is 13.0. The van der Waals surface area contributed by atoms with Crippen molar-refractivity contribution < 1.29 is 31.1 Å². The summed E-state index contributed by atoms with van der Waals surface area (Å²) in [5.41, 5.74) is 0. The molecule has 180 valence electrons. The van der Waals surface area contributed by atoms with E-state index in [9.17, 15) is 21.6 Å². The number of piperidine rings is 2. The van der Waals surface area contributed by atoms with Crippen molar-refractivity contribution in [1.82, 2.24) is 13.9 Å². The number of ether oxygens (including phenoxy) is 2. The van der Waals surface area contributed by atoms with E-state index in [0.29, 0.717) is 37.3 Å². The molecule has 10 nitrogen and oxygen atoms in total. The Morgan fingerprint density at radius 2 is 1.62 bits per heavy atom. The summed E-state index contributed by atoms with van der Waals surface area (Å²) in [6.07, 6.45) is 3.40. The molecule has 0 aromatic heterocycles. The molecule has 1 unspecified atom stereocenters. The van der Waals surface area contributed by atoms with Gasteiger partial charge in [-0.1, -0.05) is 0 Å². The third-order valence-corrected chi connectivity index (χ3v) is 9.18. The third-order valence-electron chi connectivity index (χ3n) is 6.02. The van der Waals surface area contributed by atoms with Crippen LogP contribution in [-0.4, -0.2) is 84.0 Å². The zero-order valence-corrected chi connectivity index (χ0v) is 20.2. The molecule has 1 aromatic carbocycles. The minimum Gasteiger partial charge on any atom is -0.493 e. The van der Waals surface area contributed by atoms with Crippen molar-refractivity contribution in [2.24, 2.45) is 5.92 Å². The molecule has 12 heteroatoms. The van der Waals surface area contributed by atoms with Gasteiger partial charge in [-0.15, -0.1) is 0 Å². The van der Waals surface area contributed by atoms with Crippen molar-refractivity contribution in [2.75, 3.05) is 46.7 Å². The number of benzene rings is 1. The lowest BCUT2D eigenvalue weighted by Gasteiger charge is -2.34. The summed E-state index contributed by atoms with van der Waals surface area (Å²) in [7, 11) is -4.09. The molecule has 32 heavy (non-hydrogen) atoms. The van der Waals surface area contributed by atoms with Gasteiger partial charge in [-0.25, -0.2) is 21.1 Å². The zero-order valence-electron chi connectivity index (χ0n) is 18.6. The molecule has 3 rings (SSSR count). The van der Waals surface area contributed by atoms with E-state index in [1.165, 1.54) is 41.2 Å². The number of sulfonamides is 2. The van der Waals surface area contributed by atoms with Crippen molar-refractivity contribution in [3.8, 4) is 11.5 Å². The van der Waals surface area contributed by atoms with Crippen LogP contribution in [0.2, 0.25) is 0 Å². The smallest absolute Gasteiger partial charge is 0.243 e. The van der Waals surface area contributed by atoms with Crippen LogP contribution in [0.5, 0.6) is 11.5 Å². The first-order valence-electron chi connectivity index (χ1n) is 10.5. The second kappa shape index (κ2) is 9.94. The second-order valence-corrected chi connectivity index (χ2v) is 12.1. The third kappa shape index (κ3) is 5.53. The molecule has 1 atom stereocenters. The first-order chi connectivity index (χ1) is 15.1. The lowest BCUT2D eigenvalue weighted by molar-refractivity contribution is -0.127. The molecule has 1 amide bonds. The van der Waals surface area contributed by atoms with Gasteiger partial charge < -0.3 is 14.8 Å². The van der Waals surface area contributed by atoms with E-state index in [0.717, 1.165) is 6.42 Å². The van der Waals surface area contributed by atoms with Crippen molar-refractivity contribution >= 4 is 26.0 Å². The fraction of sp³-hybridized carbons (Fsp3) is 0.650. The van der Waals surface area contributed by atoms with Crippen LogP contribution < -0.4 is 14.8 Å². The fourth-order valence-electron chi connectivity index (χ4n) is 4.16. The fourth-order valence-corrected chi connectivity index (χ4v) is 6.56. The largest absolute Gasteiger partial charge is 0.493 e. The highest BCUT2D eigenvalue weighted by Gasteiger charge is 2.34. The van der Waals surface area contributed by atoms with E-state index >= 15 is 0 Å². The van der Waals surface area contributed by atoms with Crippen LogP contribution in [0.3, 0.4) is 0 Å². The van der Waals surface area contributed by atoms with Gasteiger partial charge in [0.25, 0.3) is 0 Å². The van der Waals surface area contributed by atoms with E-state index in [2.05, 4.69) is 5.32 Å². The number of hydrogen-bond donors (Lipinski definition) is 1. The molecule has 0 spiro atoms. The Morgan fingerprint density at radius 3 is 2.22 bits per heavy atom. The van der Waals surface area contributed by atoms with Crippen LogP contribution in [-0.2, 0) is 24.8 Å². The summed E-state index contributed by atoms with van der Waals surface area (Å²) in [4.78, 5) is 12.8. The summed E-state index contributed by atoms with van der Waals surface area (Å²) in [6.45, 7) is 1.21. The molecule has 0 aliphatic carbocycles. The molecule has 2 fully saturated rings. The molecular formula is C20H31N3O7S2. The number of rotatable bonds is 7. The van der Waals surface area contributed by atoms with Gasteiger partial charge in [-0.05, 0) is 37.8 Å². The highest BCUT2D eigenvalue weighted by Crippen LogP contribution is 2.32. The normalized spacial score (nSPS) is 21.8. The lowest BCUT2D eigenvalue weighted by atomic mass is 9.96. The van der Waals surface area contributed by atoms with E-state index < -0.39 is 20.0 Å². The van der Waals surface area contributed by atoms with E-state index in [1.807, 2.05) is 0 Å². The van der Waals surface area contributed by atoms with Crippen molar-refractivity contribution in [1.29, 1.82) is 0 Å². The number of carbonyl (C=O) groups is 1. The Bertz CT molecular complexity index is 1040. The Morgan fingerprint density at radius 1 is 0.969 bits per heavy atom. The SMILES string of the molecule is COc1ccc(S(=O)(=O)N2CCC(C(=O)NC3CCCN(S(C)(=O)=O)C3)CC2)cc1OC. The molecule has 2 heterocycles. The topological polar surface area (TPSA) is 122 Å². The summed E-state index contributed by atoms with van der Waals surface area (Å²) < 4.78 is 62.8. The minimum atomic E-state index is -3.73. The van der Waals surface area contributed by atoms with E-state index in [1.54, 1.807) is 6.07 Å². The van der Waals surface area contributed by atoms with E-state index in [-0.39, 0.29) is 42.4 Å². The molecule has 0 radical (unpaired) electrons. The first kappa shape index (κ1) is 24.7. The first-order valence-corrected chi connectivity index (χ1v) is 13.8. The minimum absolute atomic E-state index is 0.112. The number of methoxy groups -OCH3 is 2.